The highest BCUT2D eigenvalue weighted by atomic mass is 16.7. The molecule has 22 heavy (non-hydrogen) atoms. The standard InChI is InChI=1S/C15H16N5O2/c16-15(18-20(21)22)19(12-14-9-5-2-6-10-14)17-11-13-7-3-1-4-8-13/h1-11H,12H2,(H2,16,18)(H,21,22)/q+1/b17-11+. The van der Waals surface area contributed by atoms with E-state index in [1.807, 2.05) is 60.7 Å². The van der Waals surface area contributed by atoms with Gasteiger partial charge in [-0.25, -0.2) is 10.2 Å². The number of guanidine groups is 1. The van der Waals surface area contributed by atoms with Crippen LogP contribution in [0.25, 0.3) is 0 Å². The van der Waals surface area contributed by atoms with Crippen LogP contribution in [0.4, 0.5) is 0 Å². The Kier molecular flexibility index (Phi) is 5.20. The summed E-state index contributed by atoms with van der Waals surface area (Å²) in [6.45, 7) is 0.313. The van der Waals surface area contributed by atoms with Crippen molar-refractivity contribution in [2.75, 3.05) is 0 Å². The van der Waals surface area contributed by atoms with E-state index >= 15 is 0 Å². The van der Waals surface area contributed by atoms with E-state index in [9.17, 15) is 4.91 Å². The Bertz CT molecular complexity index is 671. The molecule has 0 heterocycles. The summed E-state index contributed by atoms with van der Waals surface area (Å²) >= 11 is 0. The van der Waals surface area contributed by atoms with E-state index in [1.54, 1.807) is 6.21 Å². The van der Waals surface area contributed by atoms with Gasteiger partial charge in [0.2, 0.25) is 0 Å². The highest BCUT2D eigenvalue weighted by molar-refractivity contribution is 5.82. The van der Waals surface area contributed by atoms with Crippen molar-refractivity contribution in [1.82, 2.24) is 5.01 Å². The normalized spacial score (nSPS) is 11.5. The zero-order valence-electron chi connectivity index (χ0n) is 11.8. The fourth-order valence-corrected chi connectivity index (χ4v) is 1.75. The molecule has 112 valence electrons. The Morgan fingerprint density at radius 1 is 1.14 bits per heavy atom. The fraction of sp³-hybridized carbons (Fsp3) is 0.0667. The summed E-state index contributed by atoms with van der Waals surface area (Å²) in [4.78, 5) is 10.6. The van der Waals surface area contributed by atoms with Gasteiger partial charge in [-0.15, -0.1) is 0 Å². The first-order valence-corrected chi connectivity index (χ1v) is 6.56. The number of nitrogens with two attached hydrogens (primary N) is 1. The molecule has 7 nitrogen and oxygen atoms in total. The smallest absolute Gasteiger partial charge is 0.363 e. The summed E-state index contributed by atoms with van der Waals surface area (Å²) in [6, 6.07) is 18.9. The third kappa shape index (κ3) is 4.71. The van der Waals surface area contributed by atoms with Gasteiger partial charge in [0.15, 0.2) is 0 Å². The Hall–Kier alpha value is -3.22. The van der Waals surface area contributed by atoms with E-state index in [-0.39, 0.29) is 5.96 Å². The third-order valence-corrected chi connectivity index (χ3v) is 2.77. The second-order valence-electron chi connectivity index (χ2n) is 4.41. The lowest BCUT2D eigenvalue weighted by molar-refractivity contribution is -0.796. The van der Waals surface area contributed by atoms with Gasteiger partial charge in [-0.3, -0.25) is 0 Å². The zero-order chi connectivity index (χ0) is 15.8. The van der Waals surface area contributed by atoms with Gasteiger partial charge in [-0.2, -0.15) is 5.10 Å². The number of hydrogen-bond acceptors (Lipinski definition) is 2. The van der Waals surface area contributed by atoms with Crippen LogP contribution in [-0.2, 0) is 6.54 Å². The molecular weight excluding hydrogens is 282 g/mol. The minimum absolute atomic E-state index is 0.214. The van der Waals surface area contributed by atoms with Gasteiger partial charge in [0.05, 0.1) is 12.8 Å². The van der Waals surface area contributed by atoms with Crippen LogP contribution in [0.15, 0.2) is 70.9 Å². The van der Waals surface area contributed by atoms with Crippen LogP contribution in [0.1, 0.15) is 11.1 Å². The van der Waals surface area contributed by atoms with Crippen molar-refractivity contribution in [3.8, 4) is 0 Å². The molecule has 0 radical (unpaired) electrons. The van der Waals surface area contributed by atoms with Gasteiger partial charge in [0.25, 0.3) is 5.96 Å². The molecule has 0 bridgehead atoms. The van der Waals surface area contributed by atoms with E-state index in [0.29, 0.717) is 6.54 Å². The van der Waals surface area contributed by atoms with E-state index < -0.39 is 5.03 Å². The number of hydrazone groups is 2. The van der Waals surface area contributed by atoms with Crippen molar-refractivity contribution in [2.45, 2.75) is 6.54 Å². The van der Waals surface area contributed by atoms with Crippen LogP contribution in [0.3, 0.4) is 0 Å². The van der Waals surface area contributed by atoms with Crippen molar-refractivity contribution in [3.05, 3.63) is 76.7 Å². The molecule has 0 aromatic heterocycles. The van der Waals surface area contributed by atoms with Gasteiger partial charge >= 0.3 is 5.03 Å². The first-order valence-electron chi connectivity index (χ1n) is 6.56. The fourth-order valence-electron chi connectivity index (χ4n) is 1.75. The second-order valence-corrected chi connectivity index (χ2v) is 4.41. The molecule has 0 aliphatic heterocycles. The number of nitrogens with zero attached hydrogens (tertiary/aromatic N) is 4. The van der Waals surface area contributed by atoms with Crippen molar-refractivity contribution < 1.29 is 10.2 Å². The predicted octanol–water partition coefficient (Wildman–Crippen LogP) is 1.92. The van der Waals surface area contributed by atoms with Gasteiger partial charge in [0, 0.05) is 0 Å². The maximum Gasteiger partial charge on any atom is 0.391 e. The summed E-state index contributed by atoms with van der Waals surface area (Å²) in [5.74, 6) is -0.214. The van der Waals surface area contributed by atoms with Crippen LogP contribution < -0.4 is 5.73 Å². The highest BCUT2D eigenvalue weighted by Gasteiger charge is 2.13. The summed E-state index contributed by atoms with van der Waals surface area (Å²) < 4.78 is 0. The number of hydrogen-bond donors (Lipinski definition) is 2. The first kappa shape index (κ1) is 15.2. The lowest BCUT2D eigenvalue weighted by Gasteiger charge is -2.15. The molecule has 0 aliphatic rings. The van der Waals surface area contributed by atoms with Crippen molar-refractivity contribution in [3.63, 3.8) is 0 Å². The minimum atomic E-state index is -0.592. The summed E-state index contributed by atoms with van der Waals surface area (Å²) in [6.07, 6.45) is 1.60. The first-order chi connectivity index (χ1) is 10.6. The molecule has 0 unspecified atom stereocenters. The maximum absolute atomic E-state index is 10.6. The van der Waals surface area contributed by atoms with Gasteiger partial charge in [-0.05, 0) is 11.1 Å². The number of rotatable bonds is 5. The SMILES string of the molecule is N/C(=N\[N+](=O)O)N(Cc1ccccc1)/N=C/c1ccccc1. The largest absolute Gasteiger partial charge is 0.391 e. The molecule has 2 aromatic rings. The average Bonchev–Trinajstić information content (AvgIpc) is 2.52. The quantitative estimate of drug-likeness (QED) is 0.501. The third-order valence-electron chi connectivity index (χ3n) is 2.77. The molecule has 7 heteroatoms. The lowest BCUT2D eigenvalue weighted by atomic mass is 10.2. The summed E-state index contributed by atoms with van der Waals surface area (Å²) in [5, 5.41) is 16.8. The van der Waals surface area contributed by atoms with E-state index in [0.717, 1.165) is 11.1 Å². The van der Waals surface area contributed by atoms with Gasteiger partial charge < -0.3 is 5.73 Å². The molecule has 0 amide bonds. The number of benzene rings is 2. The average molecular weight is 298 g/mol. The molecule has 0 saturated heterocycles. The highest BCUT2D eigenvalue weighted by Crippen LogP contribution is 2.05. The van der Waals surface area contributed by atoms with Crippen LogP contribution in [0, 0.1) is 4.91 Å². The van der Waals surface area contributed by atoms with E-state index in [1.165, 1.54) is 5.01 Å². The monoisotopic (exact) mass is 298 g/mol. The molecular formula is C15H16N5O2+. The Morgan fingerprint density at radius 2 is 1.73 bits per heavy atom. The summed E-state index contributed by atoms with van der Waals surface area (Å²) in [5.41, 5.74) is 7.49. The molecule has 0 fully saturated rings. The molecule has 0 saturated carbocycles. The van der Waals surface area contributed by atoms with Gasteiger partial charge in [-0.1, -0.05) is 60.7 Å². The van der Waals surface area contributed by atoms with E-state index in [4.69, 9.17) is 10.9 Å². The molecule has 2 aromatic carbocycles. The predicted molar refractivity (Wildman–Crippen MR) is 83.1 cm³/mol. The summed E-state index contributed by atoms with van der Waals surface area (Å²) in [7, 11) is 0. The van der Waals surface area contributed by atoms with Crippen molar-refractivity contribution in [1.29, 1.82) is 0 Å². The Labute approximate surface area is 127 Å². The zero-order valence-corrected chi connectivity index (χ0v) is 11.8. The molecule has 0 atom stereocenters. The topological polar surface area (TPSA) is 94.3 Å². The minimum Gasteiger partial charge on any atom is -0.363 e. The van der Waals surface area contributed by atoms with Crippen molar-refractivity contribution >= 4 is 12.2 Å². The van der Waals surface area contributed by atoms with Crippen molar-refractivity contribution in [2.24, 2.45) is 15.9 Å². The van der Waals surface area contributed by atoms with Crippen LogP contribution >= 0.6 is 0 Å². The molecule has 0 aliphatic carbocycles. The second kappa shape index (κ2) is 7.53. The van der Waals surface area contributed by atoms with Crippen LogP contribution in [-0.4, -0.2) is 27.4 Å². The van der Waals surface area contributed by atoms with Crippen LogP contribution in [0.2, 0.25) is 0 Å². The molecule has 0 spiro atoms. The van der Waals surface area contributed by atoms with Crippen LogP contribution in [0.5, 0.6) is 0 Å². The Morgan fingerprint density at radius 3 is 2.32 bits per heavy atom. The molecule has 3 N–H and O–H groups in total. The Balaban J connectivity index is 2.21. The maximum atomic E-state index is 10.6. The molecule has 2 rings (SSSR count). The van der Waals surface area contributed by atoms with Gasteiger partial charge in [0.1, 0.15) is 10.0 Å². The lowest BCUT2D eigenvalue weighted by Crippen LogP contribution is -2.33. The van der Waals surface area contributed by atoms with E-state index in [2.05, 4.69) is 10.2 Å².